The summed E-state index contributed by atoms with van der Waals surface area (Å²) in [6.07, 6.45) is 10.7. The van der Waals surface area contributed by atoms with Gasteiger partial charge in [0.15, 0.2) is 0 Å². The Hall–Kier alpha value is 0.270. The summed E-state index contributed by atoms with van der Waals surface area (Å²) in [6.45, 7) is 5.49. The van der Waals surface area contributed by atoms with E-state index >= 15 is 0 Å². The van der Waals surface area contributed by atoms with Crippen molar-refractivity contribution in [2.24, 2.45) is 5.92 Å². The summed E-state index contributed by atoms with van der Waals surface area (Å²) in [5.74, 6) is 0.653. The molecule has 2 rings (SSSR count). The normalized spacial score (nSPS) is 38.0. The predicted molar refractivity (Wildman–Crippen MR) is 80.3 cm³/mol. The van der Waals surface area contributed by atoms with Crippen LogP contribution in [0.3, 0.4) is 0 Å². The van der Waals surface area contributed by atoms with Gasteiger partial charge in [0.05, 0.1) is 6.10 Å². The van der Waals surface area contributed by atoms with E-state index in [0.29, 0.717) is 18.1 Å². The van der Waals surface area contributed by atoms with Gasteiger partial charge in [0.2, 0.25) is 0 Å². The molecule has 1 N–H and O–H groups in total. The molecule has 1 aliphatic carbocycles. The van der Waals surface area contributed by atoms with E-state index in [1.807, 2.05) is 0 Å². The van der Waals surface area contributed by atoms with Gasteiger partial charge in [-0.3, -0.25) is 0 Å². The van der Waals surface area contributed by atoms with Crippen molar-refractivity contribution in [3.63, 3.8) is 0 Å². The van der Waals surface area contributed by atoms with Gasteiger partial charge in [0.1, 0.15) is 0 Å². The number of hydrogen-bond acceptors (Lipinski definition) is 3. The molecule has 0 aromatic rings. The maximum atomic E-state index is 5.86. The molecule has 0 radical (unpaired) electrons. The van der Waals surface area contributed by atoms with Gasteiger partial charge in [0.25, 0.3) is 0 Å². The zero-order valence-electron chi connectivity index (χ0n) is 12.2. The molecule has 2 aliphatic rings. The highest BCUT2D eigenvalue weighted by Crippen LogP contribution is 2.28. The van der Waals surface area contributed by atoms with Crippen LogP contribution in [0, 0.1) is 5.92 Å². The second-order valence-corrected chi connectivity index (χ2v) is 7.40. The molecule has 0 aromatic carbocycles. The van der Waals surface area contributed by atoms with Crippen molar-refractivity contribution in [3.8, 4) is 0 Å². The van der Waals surface area contributed by atoms with Crippen LogP contribution in [0.1, 0.15) is 52.4 Å². The van der Waals surface area contributed by atoms with E-state index in [1.54, 1.807) is 0 Å². The number of ether oxygens (including phenoxy) is 1. The largest absolute Gasteiger partial charge is 0.378 e. The predicted octanol–water partition coefficient (Wildman–Crippen LogP) is 3.45. The minimum Gasteiger partial charge on any atom is -0.378 e. The topological polar surface area (TPSA) is 21.3 Å². The van der Waals surface area contributed by atoms with Gasteiger partial charge in [-0.05, 0) is 44.3 Å². The Labute approximate surface area is 117 Å². The van der Waals surface area contributed by atoms with Crippen LogP contribution in [0.2, 0.25) is 0 Å². The maximum absolute atomic E-state index is 5.86. The summed E-state index contributed by atoms with van der Waals surface area (Å²) in [7, 11) is 0. The molecular formula is C15H29NOS. The second kappa shape index (κ2) is 7.16. The lowest BCUT2D eigenvalue weighted by molar-refractivity contribution is -0.0264. The van der Waals surface area contributed by atoms with Gasteiger partial charge in [-0.25, -0.2) is 0 Å². The summed E-state index contributed by atoms with van der Waals surface area (Å²) in [4.78, 5) is 0. The Kier molecular flexibility index (Phi) is 5.84. The van der Waals surface area contributed by atoms with Crippen LogP contribution in [-0.2, 0) is 4.74 Å². The van der Waals surface area contributed by atoms with E-state index in [1.165, 1.54) is 38.5 Å². The van der Waals surface area contributed by atoms with Gasteiger partial charge in [-0.15, -0.1) is 0 Å². The van der Waals surface area contributed by atoms with Crippen molar-refractivity contribution >= 4 is 11.8 Å². The molecule has 2 nitrogen and oxygen atoms in total. The molecule has 4 atom stereocenters. The molecule has 0 amide bonds. The summed E-state index contributed by atoms with van der Waals surface area (Å²) in [5.41, 5.74) is 0. The molecule has 0 spiro atoms. The van der Waals surface area contributed by atoms with E-state index in [9.17, 15) is 0 Å². The second-order valence-electron chi connectivity index (χ2n) is 6.26. The lowest BCUT2D eigenvalue weighted by Crippen LogP contribution is -2.47. The van der Waals surface area contributed by atoms with Crippen LogP contribution < -0.4 is 5.32 Å². The molecule has 1 saturated heterocycles. The molecule has 1 saturated carbocycles. The first-order chi connectivity index (χ1) is 8.69. The zero-order chi connectivity index (χ0) is 13.0. The highest BCUT2D eigenvalue weighted by atomic mass is 32.2. The van der Waals surface area contributed by atoms with E-state index in [-0.39, 0.29) is 0 Å². The fourth-order valence-electron chi connectivity index (χ4n) is 3.29. The van der Waals surface area contributed by atoms with Gasteiger partial charge in [-0.1, -0.05) is 20.3 Å². The molecule has 0 aromatic heterocycles. The fourth-order valence-corrected chi connectivity index (χ4v) is 4.11. The molecule has 4 unspecified atom stereocenters. The number of hydrogen-bond donors (Lipinski definition) is 1. The lowest BCUT2D eigenvalue weighted by atomic mass is 9.91. The Balaban J connectivity index is 1.78. The summed E-state index contributed by atoms with van der Waals surface area (Å²) in [5, 5.41) is 4.80. The van der Waals surface area contributed by atoms with Crippen molar-refractivity contribution in [2.75, 3.05) is 12.9 Å². The molecule has 0 bridgehead atoms. The fraction of sp³-hybridized carbons (Fsp3) is 1.00. The Bertz CT molecular complexity index is 247. The SMILES string of the molecule is CSC1CCCC(NC2CCOC(C(C)C)C2)C1. The van der Waals surface area contributed by atoms with Crippen LogP contribution in [0.25, 0.3) is 0 Å². The molecule has 3 heteroatoms. The van der Waals surface area contributed by atoms with Gasteiger partial charge in [0, 0.05) is 23.9 Å². The Morgan fingerprint density at radius 2 is 1.89 bits per heavy atom. The molecule has 2 fully saturated rings. The van der Waals surface area contributed by atoms with Crippen LogP contribution in [0.15, 0.2) is 0 Å². The van der Waals surface area contributed by atoms with E-state index in [4.69, 9.17) is 4.74 Å². The molecule has 18 heavy (non-hydrogen) atoms. The third kappa shape index (κ3) is 4.14. The molecular weight excluding hydrogens is 242 g/mol. The maximum Gasteiger partial charge on any atom is 0.0612 e. The summed E-state index contributed by atoms with van der Waals surface area (Å²) >= 11 is 2.05. The van der Waals surface area contributed by atoms with Crippen molar-refractivity contribution in [2.45, 2.75) is 75.8 Å². The van der Waals surface area contributed by atoms with Crippen molar-refractivity contribution in [1.82, 2.24) is 5.32 Å². The van der Waals surface area contributed by atoms with Crippen molar-refractivity contribution < 1.29 is 4.74 Å². The average Bonchev–Trinajstić information content (AvgIpc) is 2.39. The first-order valence-electron chi connectivity index (χ1n) is 7.59. The van der Waals surface area contributed by atoms with E-state index < -0.39 is 0 Å². The van der Waals surface area contributed by atoms with Crippen LogP contribution >= 0.6 is 11.8 Å². The minimum absolute atomic E-state index is 0.469. The molecule has 1 heterocycles. The standard InChI is InChI=1S/C15H29NOS/c1-11(2)15-10-13(7-8-17-15)16-12-5-4-6-14(9-12)18-3/h11-16H,4-10H2,1-3H3. The van der Waals surface area contributed by atoms with Gasteiger partial charge >= 0.3 is 0 Å². The minimum atomic E-state index is 0.469. The van der Waals surface area contributed by atoms with Crippen LogP contribution in [0.4, 0.5) is 0 Å². The summed E-state index contributed by atoms with van der Waals surface area (Å²) in [6, 6.07) is 1.45. The number of rotatable bonds is 4. The average molecular weight is 271 g/mol. The quantitative estimate of drug-likeness (QED) is 0.846. The third-order valence-corrected chi connectivity index (χ3v) is 5.58. The van der Waals surface area contributed by atoms with Crippen molar-refractivity contribution in [1.29, 1.82) is 0 Å². The zero-order valence-corrected chi connectivity index (χ0v) is 13.0. The highest BCUT2D eigenvalue weighted by molar-refractivity contribution is 7.99. The van der Waals surface area contributed by atoms with Crippen molar-refractivity contribution in [3.05, 3.63) is 0 Å². The first kappa shape index (κ1) is 14.7. The first-order valence-corrected chi connectivity index (χ1v) is 8.88. The Morgan fingerprint density at radius 3 is 2.61 bits per heavy atom. The van der Waals surface area contributed by atoms with Crippen LogP contribution in [0.5, 0.6) is 0 Å². The summed E-state index contributed by atoms with van der Waals surface area (Å²) < 4.78 is 5.86. The Morgan fingerprint density at radius 1 is 1.11 bits per heavy atom. The van der Waals surface area contributed by atoms with Gasteiger partial charge in [-0.2, -0.15) is 11.8 Å². The molecule has 106 valence electrons. The van der Waals surface area contributed by atoms with Gasteiger partial charge < -0.3 is 10.1 Å². The monoisotopic (exact) mass is 271 g/mol. The van der Waals surface area contributed by atoms with E-state index in [0.717, 1.165) is 17.9 Å². The van der Waals surface area contributed by atoms with Crippen LogP contribution in [-0.4, -0.2) is 36.3 Å². The van der Waals surface area contributed by atoms with E-state index in [2.05, 4.69) is 37.2 Å². The molecule has 1 aliphatic heterocycles. The number of thioether (sulfide) groups is 1. The lowest BCUT2D eigenvalue weighted by Gasteiger charge is -2.37. The third-order valence-electron chi connectivity index (χ3n) is 4.49. The number of nitrogens with one attached hydrogen (secondary N) is 1. The smallest absolute Gasteiger partial charge is 0.0612 e. The highest BCUT2D eigenvalue weighted by Gasteiger charge is 2.28.